The Kier molecular flexibility index (Phi) is 3.67. The van der Waals surface area contributed by atoms with E-state index in [2.05, 4.69) is 0 Å². The van der Waals surface area contributed by atoms with Gasteiger partial charge in [0.25, 0.3) is 0 Å². The largest absolute Gasteiger partial charge is 0.493 e. The van der Waals surface area contributed by atoms with E-state index in [0.29, 0.717) is 11.5 Å². The summed E-state index contributed by atoms with van der Waals surface area (Å²) in [5.41, 5.74) is 1.27. The number of hydrogen-bond acceptors (Lipinski definition) is 3. The number of nitrogens with zero attached hydrogens (tertiary/aromatic N) is 1. The maximum atomic E-state index is 13.7. The highest BCUT2D eigenvalue weighted by atomic mass is 19.1. The van der Waals surface area contributed by atoms with Gasteiger partial charge in [-0.05, 0) is 42.8 Å². The van der Waals surface area contributed by atoms with Gasteiger partial charge in [0, 0.05) is 0 Å². The number of ether oxygens (including phenoxy) is 2. The van der Waals surface area contributed by atoms with Crippen LogP contribution in [0.5, 0.6) is 17.2 Å². The lowest BCUT2D eigenvalue weighted by atomic mass is 10.2. The summed E-state index contributed by atoms with van der Waals surface area (Å²) >= 11 is 0. The molecule has 2 rings (SSSR count). The van der Waals surface area contributed by atoms with Gasteiger partial charge < -0.3 is 9.47 Å². The summed E-state index contributed by atoms with van der Waals surface area (Å²) in [5.74, 6) is 0.434. The smallest absolute Gasteiger partial charge is 0.169 e. The molecular formula is C15H12FNO2. The lowest BCUT2D eigenvalue weighted by molar-refractivity contribution is 0.370. The van der Waals surface area contributed by atoms with Gasteiger partial charge in [0.15, 0.2) is 23.1 Å². The second kappa shape index (κ2) is 5.40. The molecule has 0 unspecified atom stereocenters. The van der Waals surface area contributed by atoms with Gasteiger partial charge in [0.2, 0.25) is 0 Å². The first kappa shape index (κ1) is 12.9. The van der Waals surface area contributed by atoms with E-state index in [1.54, 1.807) is 12.1 Å². The van der Waals surface area contributed by atoms with Crippen molar-refractivity contribution in [2.75, 3.05) is 7.11 Å². The van der Waals surface area contributed by atoms with Crippen LogP contribution in [0, 0.1) is 24.1 Å². The standard InChI is InChI=1S/C15H12FNO2/c1-10-3-5-14(15(7-10)18-2)19-13-6-4-11(9-17)8-12(13)16/h3-8H,1-2H3. The van der Waals surface area contributed by atoms with Crippen LogP contribution < -0.4 is 9.47 Å². The van der Waals surface area contributed by atoms with Crippen LogP contribution in [0.4, 0.5) is 4.39 Å². The van der Waals surface area contributed by atoms with Crippen molar-refractivity contribution in [3.63, 3.8) is 0 Å². The summed E-state index contributed by atoms with van der Waals surface area (Å²) in [5, 5.41) is 8.68. The quantitative estimate of drug-likeness (QED) is 0.839. The molecule has 0 aromatic heterocycles. The molecule has 3 nitrogen and oxygen atoms in total. The molecule has 2 aromatic rings. The molecule has 0 radical (unpaired) electrons. The van der Waals surface area contributed by atoms with Crippen molar-refractivity contribution in [2.24, 2.45) is 0 Å². The number of benzene rings is 2. The fraction of sp³-hybridized carbons (Fsp3) is 0.133. The van der Waals surface area contributed by atoms with E-state index in [9.17, 15) is 4.39 Å². The van der Waals surface area contributed by atoms with Crippen molar-refractivity contribution in [3.8, 4) is 23.3 Å². The average molecular weight is 257 g/mol. The maximum absolute atomic E-state index is 13.7. The summed E-state index contributed by atoms with van der Waals surface area (Å²) in [6, 6.07) is 11.3. The van der Waals surface area contributed by atoms with Gasteiger partial charge in [0.05, 0.1) is 18.7 Å². The van der Waals surface area contributed by atoms with E-state index in [4.69, 9.17) is 14.7 Å². The van der Waals surface area contributed by atoms with Gasteiger partial charge in [-0.3, -0.25) is 0 Å². The van der Waals surface area contributed by atoms with Crippen molar-refractivity contribution in [1.82, 2.24) is 0 Å². The van der Waals surface area contributed by atoms with Crippen molar-refractivity contribution in [2.45, 2.75) is 6.92 Å². The first-order valence-electron chi connectivity index (χ1n) is 5.66. The molecule has 0 N–H and O–H groups in total. The van der Waals surface area contributed by atoms with Crippen molar-refractivity contribution < 1.29 is 13.9 Å². The van der Waals surface area contributed by atoms with Crippen LogP contribution in [-0.4, -0.2) is 7.11 Å². The molecule has 4 heteroatoms. The fourth-order valence-electron chi connectivity index (χ4n) is 1.63. The van der Waals surface area contributed by atoms with Crippen LogP contribution in [0.2, 0.25) is 0 Å². The molecule has 0 saturated heterocycles. The SMILES string of the molecule is COc1cc(C)ccc1Oc1ccc(C#N)cc1F. The second-order valence-corrected chi connectivity index (χ2v) is 4.01. The van der Waals surface area contributed by atoms with Gasteiger partial charge in [-0.15, -0.1) is 0 Å². The number of rotatable bonds is 3. The molecule has 96 valence electrons. The maximum Gasteiger partial charge on any atom is 0.169 e. The Balaban J connectivity index is 2.34. The second-order valence-electron chi connectivity index (χ2n) is 4.01. The molecule has 0 spiro atoms. The first-order valence-corrected chi connectivity index (χ1v) is 5.66. The minimum atomic E-state index is -0.582. The predicted molar refractivity (Wildman–Crippen MR) is 68.9 cm³/mol. The van der Waals surface area contributed by atoms with Crippen molar-refractivity contribution >= 4 is 0 Å². The normalized spacial score (nSPS) is 9.79. The molecule has 0 atom stereocenters. The van der Waals surface area contributed by atoms with Crippen molar-refractivity contribution in [1.29, 1.82) is 5.26 Å². The van der Waals surface area contributed by atoms with E-state index in [0.717, 1.165) is 11.6 Å². The van der Waals surface area contributed by atoms with Gasteiger partial charge in [-0.2, -0.15) is 5.26 Å². The minimum Gasteiger partial charge on any atom is -0.493 e. The number of nitriles is 1. The number of methoxy groups -OCH3 is 1. The van der Waals surface area contributed by atoms with E-state index >= 15 is 0 Å². The Bertz CT molecular complexity index is 647. The highest BCUT2D eigenvalue weighted by Crippen LogP contribution is 2.33. The third-order valence-electron chi connectivity index (χ3n) is 2.60. The topological polar surface area (TPSA) is 42.2 Å². The molecule has 0 bridgehead atoms. The molecule has 0 aliphatic rings. The highest BCUT2D eigenvalue weighted by molar-refractivity contribution is 5.46. The molecule has 0 aliphatic carbocycles. The highest BCUT2D eigenvalue weighted by Gasteiger charge is 2.10. The molecule has 0 aliphatic heterocycles. The van der Waals surface area contributed by atoms with E-state index < -0.39 is 5.82 Å². The zero-order chi connectivity index (χ0) is 13.8. The van der Waals surface area contributed by atoms with Crippen LogP contribution >= 0.6 is 0 Å². The summed E-state index contributed by atoms with van der Waals surface area (Å²) in [6.07, 6.45) is 0. The third kappa shape index (κ3) is 2.83. The zero-order valence-electron chi connectivity index (χ0n) is 10.6. The van der Waals surface area contributed by atoms with E-state index in [1.165, 1.54) is 19.2 Å². The Morgan fingerprint density at radius 1 is 1.05 bits per heavy atom. The molecule has 19 heavy (non-hydrogen) atoms. The molecule has 2 aromatic carbocycles. The lowest BCUT2D eigenvalue weighted by Crippen LogP contribution is -1.93. The Hall–Kier alpha value is -2.54. The van der Waals surface area contributed by atoms with Crippen LogP contribution in [0.25, 0.3) is 0 Å². The van der Waals surface area contributed by atoms with E-state index in [1.807, 2.05) is 19.1 Å². The molecule has 0 heterocycles. The average Bonchev–Trinajstić information content (AvgIpc) is 2.42. The van der Waals surface area contributed by atoms with Gasteiger partial charge in [-0.1, -0.05) is 6.07 Å². The van der Waals surface area contributed by atoms with Crippen molar-refractivity contribution in [3.05, 3.63) is 53.3 Å². The minimum absolute atomic E-state index is 0.0566. The van der Waals surface area contributed by atoms with Crippen LogP contribution in [0.15, 0.2) is 36.4 Å². The summed E-state index contributed by atoms with van der Waals surface area (Å²) in [7, 11) is 1.52. The molecule has 0 saturated carbocycles. The lowest BCUT2D eigenvalue weighted by Gasteiger charge is -2.11. The molecule has 0 fully saturated rings. The summed E-state index contributed by atoms with van der Waals surface area (Å²) in [4.78, 5) is 0. The Morgan fingerprint density at radius 2 is 1.79 bits per heavy atom. The molecular weight excluding hydrogens is 245 g/mol. The summed E-state index contributed by atoms with van der Waals surface area (Å²) in [6.45, 7) is 1.93. The van der Waals surface area contributed by atoms with E-state index in [-0.39, 0.29) is 11.3 Å². The van der Waals surface area contributed by atoms with Crippen LogP contribution in [-0.2, 0) is 0 Å². The number of halogens is 1. The van der Waals surface area contributed by atoms with Gasteiger partial charge >= 0.3 is 0 Å². The zero-order valence-corrected chi connectivity index (χ0v) is 10.6. The van der Waals surface area contributed by atoms with Gasteiger partial charge in [-0.25, -0.2) is 4.39 Å². The Labute approximate surface area is 110 Å². The van der Waals surface area contributed by atoms with Crippen LogP contribution in [0.3, 0.4) is 0 Å². The monoisotopic (exact) mass is 257 g/mol. The van der Waals surface area contributed by atoms with Crippen LogP contribution in [0.1, 0.15) is 11.1 Å². The fourth-order valence-corrected chi connectivity index (χ4v) is 1.63. The number of aryl methyl sites for hydroxylation is 1. The summed E-state index contributed by atoms with van der Waals surface area (Å²) < 4.78 is 24.4. The third-order valence-corrected chi connectivity index (χ3v) is 2.60. The number of hydrogen-bond donors (Lipinski definition) is 0. The van der Waals surface area contributed by atoms with Gasteiger partial charge in [0.1, 0.15) is 0 Å². The molecule has 0 amide bonds. The first-order chi connectivity index (χ1) is 9.13. The Morgan fingerprint density at radius 3 is 2.42 bits per heavy atom. The predicted octanol–water partition coefficient (Wildman–Crippen LogP) is 3.81.